The third-order valence-electron chi connectivity index (χ3n) is 2.64. The number of morpholine rings is 1. The topological polar surface area (TPSA) is 92.9 Å². The molecule has 6 nitrogen and oxygen atoms in total. The van der Waals surface area contributed by atoms with E-state index in [9.17, 15) is 9.59 Å². The molecule has 0 aliphatic carbocycles. The Hall–Kier alpha value is -1.14. The van der Waals surface area contributed by atoms with E-state index < -0.39 is 5.97 Å². The molecule has 1 saturated heterocycles. The number of hydrogen-bond donors (Lipinski definition) is 2. The molecule has 1 heterocycles. The maximum atomic E-state index is 10.9. The fourth-order valence-corrected chi connectivity index (χ4v) is 1.74. The van der Waals surface area contributed by atoms with E-state index in [-0.39, 0.29) is 24.3 Å². The van der Waals surface area contributed by atoms with Gasteiger partial charge in [0, 0.05) is 25.6 Å². The van der Waals surface area contributed by atoms with E-state index in [0.29, 0.717) is 26.2 Å². The molecule has 0 aromatic carbocycles. The van der Waals surface area contributed by atoms with Gasteiger partial charge in [0.05, 0.1) is 19.1 Å². The second-order valence-electron chi connectivity index (χ2n) is 4.15. The molecule has 0 aromatic heterocycles. The summed E-state index contributed by atoms with van der Waals surface area (Å²) in [7, 11) is 0. The maximum Gasteiger partial charge on any atom is 0.306 e. The summed E-state index contributed by atoms with van der Waals surface area (Å²) in [5.41, 5.74) is 5.18. The summed E-state index contributed by atoms with van der Waals surface area (Å²) in [6, 6.07) is 0. The van der Waals surface area contributed by atoms with Crippen molar-refractivity contribution in [3.05, 3.63) is 0 Å². The standard InChI is InChI=1S/C10H18N2O4/c1-7(10(11)15)5-12-2-3-16-8(6-12)4-9(13)14/h7-8H,2-6H2,1H3,(H2,11,15)(H,13,14). The lowest BCUT2D eigenvalue weighted by molar-refractivity contribution is -0.142. The van der Waals surface area contributed by atoms with Crippen molar-refractivity contribution in [1.29, 1.82) is 0 Å². The van der Waals surface area contributed by atoms with Crippen LogP contribution in [0.3, 0.4) is 0 Å². The number of ether oxygens (including phenoxy) is 1. The fraction of sp³-hybridized carbons (Fsp3) is 0.800. The first-order chi connectivity index (χ1) is 7.49. The third-order valence-corrected chi connectivity index (χ3v) is 2.64. The summed E-state index contributed by atoms with van der Waals surface area (Å²) in [5, 5.41) is 8.65. The van der Waals surface area contributed by atoms with Crippen LogP contribution in [0.2, 0.25) is 0 Å². The van der Waals surface area contributed by atoms with Gasteiger partial charge < -0.3 is 15.6 Å². The average Bonchev–Trinajstić information content (AvgIpc) is 2.16. The second-order valence-corrected chi connectivity index (χ2v) is 4.15. The zero-order valence-electron chi connectivity index (χ0n) is 9.39. The van der Waals surface area contributed by atoms with Gasteiger partial charge in [0.2, 0.25) is 5.91 Å². The maximum absolute atomic E-state index is 10.9. The Morgan fingerprint density at radius 3 is 2.88 bits per heavy atom. The Morgan fingerprint density at radius 1 is 1.62 bits per heavy atom. The van der Waals surface area contributed by atoms with E-state index in [1.807, 2.05) is 4.90 Å². The smallest absolute Gasteiger partial charge is 0.306 e. The summed E-state index contributed by atoms with van der Waals surface area (Å²) in [6.07, 6.45) is -0.284. The summed E-state index contributed by atoms with van der Waals surface area (Å²) < 4.78 is 5.32. The number of aliphatic carboxylic acids is 1. The number of primary amides is 1. The van der Waals surface area contributed by atoms with Crippen molar-refractivity contribution in [2.24, 2.45) is 11.7 Å². The predicted octanol–water partition coefficient (Wildman–Crippen LogP) is -0.717. The van der Waals surface area contributed by atoms with Gasteiger partial charge in [0.25, 0.3) is 0 Å². The zero-order valence-corrected chi connectivity index (χ0v) is 9.39. The first-order valence-electron chi connectivity index (χ1n) is 5.34. The number of nitrogens with zero attached hydrogens (tertiary/aromatic N) is 1. The highest BCUT2D eigenvalue weighted by atomic mass is 16.5. The van der Waals surface area contributed by atoms with Crippen molar-refractivity contribution in [2.75, 3.05) is 26.2 Å². The summed E-state index contributed by atoms with van der Waals surface area (Å²) in [6.45, 7) is 4.10. The van der Waals surface area contributed by atoms with Crippen LogP contribution in [-0.2, 0) is 14.3 Å². The molecular formula is C10H18N2O4. The Labute approximate surface area is 94.3 Å². The predicted molar refractivity (Wildman–Crippen MR) is 56.8 cm³/mol. The largest absolute Gasteiger partial charge is 0.481 e. The van der Waals surface area contributed by atoms with Gasteiger partial charge in [-0.05, 0) is 0 Å². The van der Waals surface area contributed by atoms with Crippen LogP contribution in [0.25, 0.3) is 0 Å². The fourth-order valence-electron chi connectivity index (χ4n) is 1.74. The van der Waals surface area contributed by atoms with Gasteiger partial charge in [0.1, 0.15) is 0 Å². The van der Waals surface area contributed by atoms with Gasteiger partial charge in [-0.1, -0.05) is 6.92 Å². The molecule has 0 radical (unpaired) electrons. The lowest BCUT2D eigenvalue weighted by Crippen LogP contribution is -2.46. The zero-order chi connectivity index (χ0) is 12.1. The summed E-state index contributed by atoms with van der Waals surface area (Å²) in [5.74, 6) is -1.42. The Bertz CT molecular complexity index is 270. The molecule has 0 spiro atoms. The normalized spacial score (nSPS) is 23.9. The van der Waals surface area contributed by atoms with Crippen molar-refractivity contribution >= 4 is 11.9 Å². The minimum absolute atomic E-state index is 0.00144. The molecule has 1 fully saturated rings. The number of hydrogen-bond acceptors (Lipinski definition) is 4. The number of amides is 1. The third kappa shape index (κ3) is 4.16. The molecule has 3 N–H and O–H groups in total. The highest BCUT2D eigenvalue weighted by molar-refractivity contribution is 5.76. The molecule has 0 bridgehead atoms. The van der Waals surface area contributed by atoms with Gasteiger partial charge >= 0.3 is 5.97 Å². The van der Waals surface area contributed by atoms with E-state index in [1.54, 1.807) is 6.92 Å². The molecule has 6 heteroatoms. The number of carbonyl (C=O) groups is 2. The first kappa shape index (κ1) is 12.9. The van der Waals surface area contributed by atoms with Crippen LogP contribution < -0.4 is 5.73 Å². The van der Waals surface area contributed by atoms with E-state index in [0.717, 1.165) is 0 Å². The monoisotopic (exact) mass is 230 g/mol. The van der Waals surface area contributed by atoms with Gasteiger partial charge in [-0.3, -0.25) is 14.5 Å². The van der Waals surface area contributed by atoms with E-state index in [4.69, 9.17) is 15.6 Å². The van der Waals surface area contributed by atoms with Crippen molar-refractivity contribution in [3.8, 4) is 0 Å². The van der Waals surface area contributed by atoms with Crippen LogP contribution >= 0.6 is 0 Å². The molecule has 92 valence electrons. The average molecular weight is 230 g/mol. The van der Waals surface area contributed by atoms with Crippen molar-refractivity contribution in [3.63, 3.8) is 0 Å². The van der Waals surface area contributed by atoms with Crippen LogP contribution in [0, 0.1) is 5.92 Å². The van der Waals surface area contributed by atoms with Gasteiger partial charge in [-0.2, -0.15) is 0 Å². The van der Waals surface area contributed by atoms with Crippen molar-refractivity contribution < 1.29 is 19.4 Å². The number of carbonyl (C=O) groups excluding carboxylic acids is 1. The second kappa shape index (κ2) is 5.81. The SMILES string of the molecule is CC(CN1CCOC(CC(=O)O)C1)C(N)=O. The lowest BCUT2D eigenvalue weighted by Gasteiger charge is -2.33. The van der Waals surface area contributed by atoms with Gasteiger partial charge in [0.15, 0.2) is 0 Å². The van der Waals surface area contributed by atoms with Gasteiger partial charge in [-0.15, -0.1) is 0 Å². The molecule has 2 atom stereocenters. The number of carboxylic acids is 1. The van der Waals surface area contributed by atoms with Crippen LogP contribution in [-0.4, -0.2) is 54.2 Å². The number of carboxylic acid groups (broad SMARTS) is 1. The molecule has 16 heavy (non-hydrogen) atoms. The molecule has 1 amide bonds. The molecule has 2 unspecified atom stereocenters. The van der Waals surface area contributed by atoms with Crippen molar-refractivity contribution in [2.45, 2.75) is 19.4 Å². The quantitative estimate of drug-likeness (QED) is 0.650. The molecular weight excluding hydrogens is 212 g/mol. The molecule has 1 aliphatic heterocycles. The van der Waals surface area contributed by atoms with E-state index >= 15 is 0 Å². The van der Waals surface area contributed by atoms with E-state index in [2.05, 4.69) is 0 Å². The highest BCUT2D eigenvalue weighted by Gasteiger charge is 2.24. The number of rotatable bonds is 5. The van der Waals surface area contributed by atoms with Crippen LogP contribution in [0.5, 0.6) is 0 Å². The number of nitrogens with two attached hydrogens (primary N) is 1. The molecule has 0 aromatic rings. The van der Waals surface area contributed by atoms with Crippen LogP contribution in [0.1, 0.15) is 13.3 Å². The Morgan fingerprint density at radius 2 is 2.31 bits per heavy atom. The van der Waals surface area contributed by atoms with E-state index in [1.165, 1.54) is 0 Å². The Balaban J connectivity index is 2.38. The molecule has 0 saturated carbocycles. The Kier molecular flexibility index (Phi) is 4.70. The molecule has 1 rings (SSSR count). The van der Waals surface area contributed by atoms with Gasteiger partial charge in [-0.25, -0.2) is 0 Å². The van der Waals surface area contributed by atoms with Crippen LogP contribution in [0.4, 0.5) is 0 Å². The van der Waals surface area contributed by atoms with Crippen LogP contribution in [0.15, 0.2) is 0 Å². The summed E-state index contributed by atoms with van der Waals surface area (Å²) >= 11 is 0. The molecule has 1 aliphatic rings. The minimum atomic E-state index is -0.866. The lowest BCUT2D eigenvalue weighted by atomic mass is 10.1. The highest BCUT2D eigenvalue weighted by Crippen LogP contribution is 2.10. The minimum Gasteiger partial charge on any atom is -0.481 e. The van der Waals surface area contributed by atoms with Crippen molar-refractivity contribution in [1.82, 2.24) is 4.90 Å². The summed E-state index contributed by atoms with van der Waals surface area (Å²) in [4.78, 5) is 23.5. The first-order valence-corrected chi connectivity index (χ1v) is 5.34.